The number of nitrogens with one attached hydrogen (secondary N) is 2. The van der Waals surface area contributed by atoms with Crippen LogP contribution in [0.2, 0.25) is 0 Å². The van der Waals surface area contributed by atoms with Crippen molar-refractivity contribution in [2.24, 2.45) is 7.05 Å². The van der Waals surface area contributed by atoms with E-state index in [-0.39, 0.29) is 4.90 Å². The van der Waals surface area contributed by atoms with E-state index in [4.69, 9.17) is 0 Å². The van der Waals surface area contributed by atoms with Crippen molar-refractivity contribution in [1.29, 1.82) is 0 Å². The van der Waals surface area contributed by atoms with Crippen LogP contribution in [0.3, 0.4) is 0 Å². The molecule has 0 saturated heterocycles. The average Bonchev–Trinajstić information content (AvgIpc) is 3.23. The Kier molecular flexibility index (Phi) is 5.19. The Bertz CT molecular complexity index is 1550. The zero-order valence-corrected chi connectivity index (χ0v) is 18.4. The highest BCUT2D eigenvalue weighted by atomic mass is 32.2. The predicted octanol–water partition coefficient (Wildman–Crippen LogP) is 3.97. The van der Waals surface area contributed by atoms with Gasteiger partial charge in [0.05, 0.1) is 40.2 Å². The first-order valence-corrected chi connectivity index (χ1v) is 11.5. The summed E-state index contributed by atoms with van der Waals surface area (Å²) < 4.78 is 29.6. The molecule has 10 heteroatoms. The van der Waals surface area contributed by atoms with E-state index in [2.05, 4.69) is 30.1 Å². The van der Waals surface area contributed by atoms with Gasteiger partial charge in [0.1, 0.15) is 5.82 Å². The van der Waals surface area contributed by atoms with Crippen LogP contribution in [0, 0.1) is 0 Å². The molecule has 0 spiro atoms. The number of hydrogen-bond donors (Lipinski definition) is 2. The number of aromatic nitrogens is 5. The molecule has 0 aliphatic carbocycles. The van der Waals surface area contributed by atoms with Gasteiger partial charge in [0.15, 0.2) is 5.82 Å². The topological polar surface area (TPSA) is 115 Å². The summed E-state index contributed by atoms with van der Waals surface area (Å²) >= 11 is 0. The Morgan fingerprint density at radius 2 is 1.73 bits per heavy atom. The van der Waals surface area contributed by atoms with Crippen molar-refractivity contribution in [3.05, 3.63) is 85.5 Å². The highest BCUT2D eigenvalue weighted by Crippen LogP contribution is 2.26. The number of aryl methyl sites for hydroxylation is 1. The summed E-state index contributed by atoms with van der Waals surface area (Å²) in [4.78, 5) is 13.5. The number of rotatable bonds is 6. The molecule has 2 N–H and O–H groups in total. The maximum absolute atomic E-state index is 12.6. The zero-order valence-electron chi connectivity index (χ0n) is 17.5. The summed E-state index contributed by atoms with van der Waals surface area (Å²) in [6.07, 6.45) is 6.50. The van der Waals surface area contributed by atoms with E-state index in [0.29, 0.717) is 17.0 Å². The molecule has 2 aromatic carbocycles. The van der Waals surface area contributed by atoms with E-state index in [1.54, 1.807) is 59.7 Å². The summed E-state index contributed by atoms with van der Waals surface area (Å²) in [5.41, 5.74) is 3.38. The SMILES string of the molecule is Cn1nccc1Nc1cnc2ccc(-c3cncc(NS(=O)(=O)c4ccccc4)c3)cc2n1. The third kappa shape index (κ3) is 4.37. The summed E-state index contributed by atoms with van der Waals surface area (Å²) in [7, 11) is -1.87. The third-order valence-corrected chi connectivity index (χ3v) is 6.39. The lowest BCUT2D eigenvalue weighted by Crippen LogP contribution is -2.12. The molecule has 5 rings (SSSR count). The maximum atomic E-state index is 12.6. The molecule has 0 saturated carbocycles. The maximum Gasteiger partial charge on any atom is 0.261 e. The fraction of sp³-hybridized carbons (Fsp3) is 0.0435. The molecule has 33 heavy (non-hydrogen) atoms. The lowest BCUT2D eigenvalue weighted by atomic mass is 10.1. The van der Waals surface area contributed by atoms with Gasteiger partial charge in [-0.25, -0.2) is 13.4 Å². The van der Waals surface area contributed by atoms with Crippen molar-refractivity contribution >= 4 is 38.4 Å². The highest BCUT2D eigenvalue weighted by Gasteiger charge is 2.14. The van der Waals surface area contributed by atoms with E-state index >= 15 is 0 Å². The molecule has 0 bridgehead atoms. The van der Waals surface area contributed by atoms with Crippen molar-refractivity contribution in [2.75, 3.05) is 10.0 Å². The van der Waals surface area contributed by atoms with Gasteiger partial charge < -0.3 is 5.32 Å². The first kappa shape index (κ1) is 20.6. The number of fused-ring (bicyclic) bond motifs is 1. The smallest absolute Gasteiger partial charge is 0.261 e. The molecule has 0 atom stereocenters. The van der Waals surface area contributed by atoms with Crippen molar-refractivity contribution in [3.8, 4) is 11.1 Å². The van der Waals surface area contributed by atoms with Crippen LogP contribution in [0.4, 0.5) is 17.3 Å². The second-order valence-corrected chi connectivity index (χ2v) is 8.99. The first-order valence-electron chi connectivity index (χ1n) is 10.0. The minimum absolute atomic E-state index is 0.185. The fourth-order valence-electron chi connectivity index (χ4n) is 3.35. The molecular formula is C23H19N7O2S. The molecule has 0 aliphatic rings. The summed E-state index contributed by atoms with van der Waals surface area (Å²) in [6, 6.07) is 17.4. The lowest BCUT2D eigenvalue weighted by molar-refractivity contribution is 0.601. The molecule has 5 aromatic rings. The van der Waals surface area contributed by atoms with Gasteiger partial charge in [0.25, 0.3) is 10.0 Å². The van der Waals surface area contributed by atoms with Crippen molar-refractivity contribution in [1.82, 2.24) is 24.7 Å². The Hall–Kier alpha value is -4.31. The van der Waals surface area contributed by atoms with Gasteiger partial charge in [-0.1, -0.05) is 24.3 Å². The van der Waals surface area contributed by atoms with E-state index in [1.165, 1.54) is 6.20 Å². The van der Waals surface area contributed by atoms with Crippen molar-refractivity contribution in [3.63, 3.8) is 0 Å². The molecule has 0 fully saturated rings. The number of pyridine rings is 1. The Balaban J connectivity index is 1.44. The normalized spacial score (nSPS) is 11.4. The van der Waals surface area contributed by atoms with Gasteiger partial charge in [0.2, 0.25) is 0 Å². The van der Waals surface area contributed by atoms with Gasteiger partial charge in [-0.15, -0.1) is 0 Å². The molecule has 0 unspecified atom stereocenters. The standard InChI is InChI=1S/C23H19N7O2S/c1-30-23(9-10-26-30)28-22-15-25-20-8-7-16(12-21(20)27-22)17-11-18(14-24-13-17)29-33(31,32)19-5-3-2-4-6-19/h2-15,29H,1H3,(H,27,28). The molecule has 0 aliphatic heterocycles. The number of nitrogens with zero attached hydrogens (tertiary/aromatic N) is 5. The van der Waals surface area contributed by atoms with Gasteiger partial charge in [-0.3, -0.25) is 19.4 Å². The molecule has 164 valence electrons. The van der Waals surface area contributed by atoms with E-state index in [9.17, 15) is 8.42 Å². The van der Waals surface area contributed by atoms with Gasteiger partial charge in [-0.2, -0.15) is 5.10 Å². The van der Waals surface area contributed by atoms with Crippen LogP contribution in [0.1, 0.15) is 0 Å². The molecular weight excluding hydrogens is 438 g/mol. The average molecular weight is 458 g/mol. The van der Waals surface area contributed by atoms with Gasteiger partial charge in [-0.05, 0) is 35.9 Å². The van der Waals surface area contributed by atoms with Crippen LogP contribution >= 0.6 is 0 Å². The van der Waals surface area contributed by atoms with Gasteiger partial charge >= 0.3 is 0 Å². The summed E-state index contributed by atoms with van der Waals surface area (Å²) in [6.45, 7) is 0. The largest absolute Gasteiger partial charge is 0.324 e. The third-order valence-electron chi connectivity index (χ3n) is 5.00. The molecule has 3 heterocycles. The Morgan fingerprint density at radius 3 is 2.52 bits per heavy atom. The molecule has 3 aromatic heterocycles. The molecule has 0 amide bonds. The summed E-state index contributed by atoms with van der Waals surface area (Å²) in [5.74, 6) is 1.38. The number of hydrogen-bond acceptors (Lipinski definition) is 7. The second kappa shape index (κ2) is 8.32. The van der Waals surface area contributed by atoms with Crippen LogP contribution in [-0.4, -0.2) is 33.2 Å². The zero-order chi connectivity index (χ0) is 22.8. The fourth-order valence-corrected chi connectivity index (χ4v) is 4.40. The molecule has 9 nitrogen and oxygen atoms in total. The van der Waals surface area contributed by atoms with Crippen LogP contribution in [0.5, 0.6) is 0 Å². The van der Waals surface area contributed by atoms with Crippen LogP contribution < -0.4 is 10.0 Å². The van der Waals surface area contributed by atoms with Crippen molar-refractivity contribution in [2.45, 2.75) is 4.90 Å². The monoisotopic (exact) mass is 457 g/mol. The highest BCUT2D eigenvalue weighted by molar-refractivity contribution is 7.92. The number of benzene rings is 2. The molecule has 0 radical (unpaired) electrons. The quantitative estimate of drug-likeness (QED) is 0.396. The van der Waals surface area contributed by atoms with Gasteiger partial charge in [0, 0.05) is 24.9 Å². The van der Waals surface area contributed by atoms with Crippen LogP contribution in [-0.2, 0) is 17.1 Å². The van der Waals surface area contributed by atoms with E-state index in [0.717, 1.165) is 22.5 Å². The van der Waals surface area contributed by atoms with E-state index < -0.39 is 10.0 Å². The van der Waals surface area contributed by atoms with Crippen molar-refractivity contribution < 1.29 is 8.42 Å². The van der Waals surface area contributed by atoms with E-state index in [1.807, 2.05) is 31.3 Å². The lowest BCUT2D eigenvalue weighted by Gasteiger charge is -2.10. The first-order chi connectivity index (χ1) is 16.0. The number of sulfonamides is 1. The minimum atomic E-state index is -3.71. The van der Waals surface area contributed by atoms with Crippen LogP contribution in [0.25, 0.3) is 22.2 Å². The number of anilines is 3. The minimum Gasteiger partial charge on any atom is -0.324 e. The second-order valence-electron chi connectivity index (χ2n) is 7.30. The summed E-state index contributed by atoms with van der Waals surface area (Å²) in [5, 5.41) is 7.32. The Labute approximate surface area is 190 Å². The van der Waals surface area contributed by atoms with Crippen LogP contribution in [0.15, 0.2) is 90.3 Å². The predicted molar refractivity (Wildman–Crippen MR) is 127 cm³/mol. The Morgan fingerprint density at radius 1 is 0.879 bits per heavy atom.